The largest absolute Gasteiger partial charge is 0.467 e. The minimum absolute atomic E-state index is 0.0257. The number of furan rings is 1. The first-order chi connectivity index (χ1) is 11.2. The minimum Gasteiger partial charge on any atom is -0.467 e. The molecule has 2 aromatic rings. The molecule has 7 heteroatoms. The van der Waals surface area contributed by atoms with Crippen molar-refractivity contribution in [1.82, 2.24) is 20.1 Å². The van der Waals surface area contributed by atoms with Crippen molar-refractivity contribution in [2.75, 3.05) is 5.75 Å². The van der Waals surface area contributed by atoms with Gasteiger partial charge in [0, 0.05) is 6.04 Å². The van der Waals surface area contributed by atoms with E-state index in [-0.39, 0.29) is 5.91 Å². The van der Waals surface area contributed by atoms with Crippen molar-refractivity contribution in [2.24, 2.45) is 0 Å². The summed E-state index contributed by atoms with van der Waals surface area (Å²) in [6.07, 6.45) is 7.79. The van der Waals surface area contributed by atoms with Gasteiger partial charge in [0.1, 0.15) is 11.6 Å². The fraction of sp³-hybridized carbons (Fsp3) is 0.562. The van der Waals surface area contributed by atoms with Gasteiger partial charge >= 0.3 is 0 Å². The molecule has 124 valence electrons. The van der Waals surface area contributed by atoms with E-state index in [0.717, 1.165) is 16.7 Å². The standard InChI is InChI=1S/C16H22N4O2S/c1-12-18-19-16(20(12)13-6-3-2-4-7-13)23-11-15(21)17-10-14-8-5-9-22-14/h5,8-9,13H,2-4,6-7,10-11H2,1H3,(H,17,21). The second kappa shape index (κ2) is 7.68. The van der Waals surface area contributed by atoms with Crippen LogP contribution in [0.2, 0.25) is 0 Å². The monoisotopic (exact) mass is 334 g/mol. The van der Waals surface area contributed by atoms with Crippen LogP contribution in [-0.2, 0) is 11.3 Å². The van der Waals surface area contributed by atoms with Gasteiger partial charge in [-0.3, -0.25) is 4.79 Å². The number of carbonyl (C=O) groups is 1. The Morgan fingerprint density at radius 2 is 2.22 bits per heavy atom. The molecule has 0 aliphatic heterocycles. The third kappa shape index (κ3) is 4.16. The van der Waals surface area contributed by atoms with Crippen LogP contribution >= 0.6 is 11.8 Å². The molecule has 0 bridgehead atoms. The summed E-state index contributed by atoms with van der Waals surface area (Å²) in [7, 11) is 0. The first-order valence-electron chi connectivity index (χ1n) is 8.07. The molecule has 0 spiro atoms. The van der Waals surface area contributed by atoms with Gasteiger partial charge in [-0.25, -0.2) is 0 Å². The molecule has 6 nitrogen and oxygen atoms in total. The summed E-state index contributed by atoms with van der Waals surface area (Å²) in [5.41, 5.74) is 0. The number of rotatable bonds is 6. The van der Waals surface area contributed by atoms with Gasteiger partial charge < -0.3 is 14.3 Å². The van der Waals surface area contributed by atoms with Gasteiger partial charge in [-0.2, -0.15) is 0 Å². The molecule has 1 aliphatic carbocycles. The second-order valence-electron chi connectivity index (χ2n) is 5.84. The first-order valence-corrected chi connectivity index (χ1v) is 9.06. The average Bonchev–Trinajstić information content (AvgIpc) is 3.21. The number of carbonyl (C=O) groups excluding carboxylic acids is 1. The Morgan fingerprint density at radius 1 is 1.39 bits per heavy atom. The highest BCUT2D eigenvalue weighted by molar-refractivity contribution is 7.99. The maximum atomic E-state index is 12.0. The van der Waals surface area contributed by atoms with E-state index in [9.17, 15) is 4.79 Å². The molecule has 23 heavy (non-hydrogen) atoms. The zero-order valence-electron chi connectivity index (χ0n) is 13.3. The number of hydrogen-bond donors (Lipinski definition) is 1. The van der Waals surface area contributed by atoms with E-state index in [2.05, 4.69) is 20.1 Å². The highest BCUT2D eigenvalue weighted by Crippen LogP contribution is 2.32. The third-order valence-electron chi connectivity index (χ3n) is 4.15. The fourth-order valence-corrected chi connectivity index (χ4v) is 3.87. The smallest absolute Gasteiger partial charge is 0.230 e. The first kappa shape index (κ1) is 16.1. The number of nitrogens with one attached hydrogen (secondary N) is 1. The average molecular weight is 334 g/mol. The van der Waals surface area contributed by atoms with Crippen LogP contribution in [0.4, 0.5) is 0 Å². The van der Waals surface area contributed by atoms with Gasteiger partial charge in [0.15, 0.2) is 5.16 Å². The second-order valence-corrected chi connectivity index (χ2v) is 6.78. The molecule has 1 amide bonds. The van der Waals surface area contributed by atoms with Crippen molar-refractivity contribution in [3.05, 3.63) is 30.0 Å². The Morgan fingerprint density at radius 3 is 2.96 bits per heavy atom. The van der Waals surface area contributed by atoms with Gasteiger partial charge in [-0.1, -0.05) is 31.0 Å². The lowest BCUT2D eigenvalue weighted by Gasteiger charge is -2.24. The van der Waals surface area contributed by atoms with Crippen LogP contribution in [0.3, 0.4) is 0 Å². The molecular formula is C16H22N4O2S. The zero-order valence-corrected chi connectivity index (χ0v) is 14.1. The molecule has 0 unspecified atom stereocenters. The van der Waals surface area contributed by atoms with Crippen molar-refractivity contribution in [2.45, 2.75) is 56.8 Å². The van der Waals surface area contributed by atoms with Crippen LogP contribution in [0.25, 0.3) is 0 Å². The van der Waals surface area contributed by atoms with Crippen molar-refractivity contribution in [1.29, 1.82) is 0 Å². The molecule has 1 saturated carbocycles. The summed E-state index contributed by atoms with van der Waals surface area (Å²) in [6.45, 7) is 2.41. The molecule has 1 N–H and O–H groups in total. The molecular weight excluding hydrogens is 312 g/mol. The van der Waals surface area contributed by atoms with Crippen LogP contribution < -0.4 is 5.32 Å². The topological polar surface area (TPSA) is 73.0 Å². The molecule has 2 heterocycles. The van der Waals surface area contributed by atoms with E-state index < -0.39 is 0 Å². The Bertz CT molecular complexity index is 633. The number of hydrogen-bond acceptors (Lipinski definition) is 5. The van der Waals surface area contributed by atoms with Gasteiger partial charge in [-0.05, 0) is 31.9 Å². The number of aromatic nitrogens is 3. The number of aryl methyl sites for hydroxylation is 1. The number of thioether (sulfide) groups is 1. The molecule has 0 atom stereocenters. The Hall–Kier alpha value is -1.76. The molecule has 0 aromatic carbocycles. The van der Waals surface area contributed by atoms with Crippen molar-refractivity contribution >= 4 is 17.7 Å². The van der Waals surface area contributed by atoms with Gasteiger partial charge in [0.2, 0.25) is 5.91 Å². The molecule has 0 saturated heterocycles. The van der Waals surface area contributed by atoms with Crippen molar-refractivity contribution in [3.63, 3.8) is 0 Å². The lowest BCUT2D eigenvalue weighted by molar-refractivity contribution is -0.118. The molecule has 1 fully saturated rings. The quantitative estimate of drug-likeness (QED) is 0.822. The predicted molar refractivity (Wildman–Crippen MR) is 88.2 cm³/mol. The van der Waals surface area contributed by atoms with Gasteiger partial charge in [0.05, 0.1) is 18.6 Å². The van der Waals surface area contributed by atoms with E-state index in [0.29, 0.717) is 18.3 Å². The SMILES string of the molecule is Cc1nnc(SCC(=O)NCc2ccco2)n1C1CCCCC1. The normalized spacial score (nSPS) is 15.7. The van der Waals surface area contributed by atoms with Crippen molar-refractivity contribution in [3.8, 4) is 0 Å². The summed E-state index contributed by atoms with van der Waals surface area (Å²) in [6, 6.07) is 4.13. The highest BCUT2D eigenvalue weighted by Gasteiger charge is 2.21. The number of nitrogens with zero attached hydrogens (tertiary/aromatic N) is 3. The van der Waals surface area contributed by atoms with Gasteiger partial charge in [0.25, 0.3) is 0 Å². The van der Waals surface area contributed by atoms with E-state index in [1.165, 1.54) is 43.9 Å². The highest BCUT2D eigenvalue weighted by atomic mass is 32.2. The minimum atomic E-state index is -0.0257. The lowest BCUT2D eigenvalue weighted by Crippen LogP contribution is -2.24. The van der Waals surface area contributed by atoms with Crippen LogP contribution in [0, 0.1) is 6.92 Å². The van der Waals surface area contributed by atoms with Crippen molar-refractivity contribution < 1.29 is 9.21 Å². The molecule has 1 aliphatic rings. The van der Waals surface area contributed by atoms with Crippen LogP contribution in [-0.4, -0.2) is 26.4 Å². The number of amides is 1. The van der Waals surface area contributed by atoms with E-state index >= 15 is 0 Å². The Labute approximate surface area is 140 Å². The predicted octanol–water partition coefficient (Wildman–Crippen LogP) is 3.09. The van der Waals surface area contributed by atoms with E-state index in [1.807, 2.05) is 19.1 Å². The Balaban J connectivity index is 1.54. The zero-order chi connectivity index (χ0) is 16.1. The summed E-state index contributed by atoms with van der Waals surface area (Å²) in [5.74, 6) is 2.01. The van der Waals surface area contributed by atoms with Crippen LogP contribution in [0.1, 0.15) is 49.7 Å². The molecule has 3 rings (SSSR count). The third-order valence-corrected chi connectivity index (χ3v) is 5.09. The maximum absolute atomic E-state index is 12.0. The van der Waals surface area contributed by atoms with Crippen LogP contribution in [0.5, 0.6) is 0 Å². The van der Waals surface area contributed by atoms with E-state index in [1.54, 1.807) is 6.26 Å². The molecule has 0 radical (unpaired) electrons. The maximum Gasteiger partial charge on any atom is 0.230 e. The summed E-state index contributed by atoms with van der Waals surface area (Å²) in [4.78, 5) is 12.0. The summed E-state index contributed by atoms with van der Waals surface area (Å²) in [5, 5.41) is 12.2. The lowest BCUT2D eigenvalue weighted by atomic mass is 9.95. The Kier molecular flexibility index (Phi) is 5.38. The summed E-state index contributed by atoms with van der Waals surface area (Å²) >= 11 is 1.45. The molecule has 2 aromatic heterocycles. The summed E-state index contributed by atoms with van der Waals surface area (Å²) < 4.78 is 7.41. The van der Waals surface area contributed by atoms with Crippen LogP contribution in [0.15, 0.2) is 28.0 Å². The van der Waals surface area contributed by atoms with E-state index in [4.69, 9.17) is 4.42 Å². The van der Waals surface area contributed by atoms with Gasteiger partial charge in [-0.15, -0.1) is 10.2 Å². The fourth-order valence-electron chi connectivity index (χ4n) is 2.99.